The highest BCUT2D eigenvalue weighted by Gasteiger charge is 2.17. The smallest absolute Gasteiger partial charge is 0.274 e. The van der Waals surface area contributed by atoms with Gasteiger partial charge >= 0.3 is 0 Å². The minimum atomic E-state index is -0.489. The number of carbonyl (C=O) groups is 1. The first kappa shape index (κ1) is 16.0. The van der Waals surface area contributed by atoms with Gasteiger partial charge in [0.1, 0.15) is 5.82 Å². The molecule has 1 aromatic carbocycles. The Balaban J connectivity index is 1.83. The van der Waals surface area contributed by atoms with Crippen LogP contribution < -0.4 is 16.8 Å². The second-order valence-electron chi connectivity index (χ2n) is 5.08. The molecule has 3 rings (SSSR count). The van der Waals surface area contributed by atoms with Crippen LogP contribution in [0, 0.1) is 0 Å². The van der Waals surface area contributed by atoms with Gasteiger partial charge in [-0.3, -0.25) is 4.79 Å². The lowest BCUT2D eigenvalue weighted by Gasteiger charge is -2.09. The normalized spacial score (nSPS) is 10.9. The number of rotatable bonds is 4. The molecule has 124 valence electrons. The van der Waals surface area contributed by atoms with E-state index in [0.717, 1.165) is 23.4 Å². The summed E-state index contributed by atoms with van der Waals surface area (Å²) < 4.78 is 2.03. The van der Waals surface area contributed by atoms with Crippen LogP contribution in [0.5, 0.6) is 0 Å². The number of hydrogen-bond acceptors (Lipinski definition) is 6. The van der Waals surface area contributed by atoms with E-state index in [0.29, 0.717) is 0 Å². The summed E-state index contributed by atoms with van der Waals surface area (Å²) in [7, 11) is 0. The van der Waals surface area contributed by atoms with Gasteiger partial charge in [0.25, 0.3) is 5.91 Å². The molecule has 0 radical (unpaired) electrons. The lowest BCUT2D eigenvalue weighted by molar-refractivity contribution is 0.0945. The molecule has 0 saturated heterocycles. The highest BCUT2D eigenvalue weighted by molar-refractivity contribution is 6.31. The zero-order valence-electron chi connectivity index (χ0n) is 13.0. The van der Waals surface area contributed by atoms with Crippen molar-refractivity contribution in [1.82, 2.24) is 24.8 Å². The molecule has 2 heterocycles. The number of aromatic nitrogens is 4. The third kappa shape index (κ3) is 2.83. The average molecular weight is 346 g/mol. The Labute approximate surface area is 142 Å². The molecule has 5 N–H and O–H groups in total. The van der Waals surface area contributed by atoms with E-state index in [2.05, 4.69) is 20.3 Å². The number of amides is 1. The van der Waals surface area contributed by atoms with E-state index in [1.165, 1.54) is 0 Å². The summed E-state index contributed by atoms with van der Waals surface area (Å²) in [5, 5.41) is 2.67. The van der Waals surface area contributed by atoms with Crippen LogP contribution in [-0.4, -0.2) is 25.4 Å². The zero-order chi connectivity index (χ0) is 17.3. The number of nitrogens with two attached hydrogens (primary N) is 2. The maximum Gasteiger partial charge on any atom is 0.274 e. The summed E-state index contributed by atoms with van der Waals surface area (Å²) in [6.45, 7) is 2.98. The largest absolute Gasteiger partial charge is 0.382 e. The van der Waals surface area contributed by atoms with Crippen LogP contribution in [0.2, 0.25) is 5.15 Å². The van der Waals surface area contributed by atoms with E-state index in [1.807, 2.05) is 35.8 Å². The van der Waals surface area contributed by atoms with Crippen LogP contribution in [0.25, 0.3) is 11.0 Å². The van der Waals surface area contributed by atoms with Crippen molar-refractivity contribution in [1.29, 1.82) is 0 Å². The predicted molar refractivity (Wildman–Crippen MR) is 92.4 cm³/mol. The van der Waals surface area contributed by atoms with E-state index in [-0.39, 0.29) is 29.0 Å². The molecule has 1 amide bonds. The number of nitrogens with one attached hydrogen (secondary N) is 1. The topological polar surface area (TPSA) is 125 Å². The van der Waals surface area contributed by atoms with Crippen molar-refractivity contribution in [3.63, 3.8) is 0 Å². The molecule has 0 saturated carbocycles. The fourth-order valence-electron chi connectivity index (χ4n) is 2.46. The Morgan fingerprint density at radius 3 is 2.71 bits per heavy atom. The number of nitrogens with zero attached hydrogens (tertiary/aromatic N) is 4. The van der Waals surface area contributed by atoms with E-state index in [4.69, 9.17) is 23.1 Å². The molecule has 0 aliphatic carbocycles. The van der Waals surface area contributed by atoms with Crippen molar-refractivity contribution >= 4 is 40.2 Å². The van der Waals surface area contributed by atoms with Crippen LogP contribution in [0.1, 0.15) is 23.2 Å². The first-order chi connectivity index (χ1) is 11.5. The van der Waals surface area contributed by atoms with Crippen LogP contribution >= 0.6 is 11.6 Å². The average Bonchev–Trinajstić information content (AvgIpc) is 2.93. The number of carbonyl (C=O) groups excluding carboxylic acids is 1. The Morgan fingerprint density at radius 1 is 1.21 bits per heavy atom. The van der Waals surface area contributed by atoms with Gasteiger partial charge < -0.3 is 21.4 Å². The second kappa shape index (κ2) is 6.32. The van der Waals surface area contributed by atoms with Gasteiger partial charge in [-0.25, -0.2) is 15.0 Å². The molecule has 24 heavy (non-hydrogen) atoms. The van der Waals surface area contributed by atoms with Gasteiger partial charge in [0, 0.05) is 6.54 Å². The van der Waals surface area contributed by atoms with Crippen molar-refractivity contribution in [3.8, 4) is 0 Å². The van der Waals surface area contributed by atoms with E-state index in [1.54, 1.807) is 0 Å². The second-order valence-corrected chi connectivity index (χ2v) is 5.44. The molecule has 0 spiro atoms. The first-order valence-electron chi connectivity index (χ1n) is 7.32. The summed E-state index contributed by atoms with van der Waals surface area (Å²) in [5.41, 5.74) is 13.0. The number of fused-ring (bicyclic) bond motifs is 1. The predicted octanol–water partition coefficient (Wildman–Crippen LogP) is 1.59. The van der Waals surface area contributed by atoms with Crippen molar-refractivity contribution in [2.24, 2.45) is 0 Å². The van der Waals surface area contributed by atoms with Gasteiger partial charge in [-0.1, -0.05) is 23.7 Å². The van der Waals surface area contributed by atoms with Crippen molar-refractivity contribution < 1.29 is 4.79 Å². The monoisotopic (exact) mass is 345 g/mol. The molecular formula is C15H16ClN7O. The quantitative estimate of drug-likeness (QED) is 0.659. The number of nitrogen functional groups attached to an aromatic ring is 2. The number of halogens is 1. The summed E-state index contributed by atoms with van der Waals surface area (Å²) >= 11 is 5.80. The van der Waals surface area contributed by atoms with Gasteiger partial charge in [-0.2, -0.15) is 0 Å². The van der Waals surface area contributed by atoms with Gasteiger partial charge in [0.2, 0.25) is 0 Å². The Kier molecular flexibility index (Phi) is 4.22. The number of anilines is 2. The lowest BCUT2D eigenvalue weighted by atomic mass is 10.3. The van der Waals surface area contributed by atoms with E-state index < -0.39 is 5.91 Å². The van der Waals surface area contributed by atoms with Gasteiger partial charge in [0.05, 0.1) is 17.6 Å². The highest BCUT2D eigenvalue weighted by Crippen LogP contribution is 2.18. The fourth-order valence-corrected chi connectivity index (χ4v) is 2.59. The van der Waals surface area contributed by atoms with E-state index in [9.17, 15) is 4.79 Å². The Hall–Kier alpha value is -2.87. The van der Waals surface area contributed by atoms with Gasteiger partial charge in [-0.15, -0.1) is 0 Å². The molecule has 0 unspecified atom stereocenters. The maximum atomic E-state index is 12.3. The number of imidazole rings is 1. The number of aryl methyl sites for hydroxylation is 1. The summed E-state index contributed by atoms with van der Waals surface area (Å²) in [6, 6.07) is 7.78. The maximum absolute atomic E-state index is 12.3. The molecule has 0 fully saturated rings. The van der Waals surface area contributed by atoms with Gasteiger partial charge in [-0.05, 0) is 19.1 Å². The van der Waals surface area contributed by atoms with Crippen LogP contribution in [0.3, 0.4) is 0 Å². The van der Waals surface area contributed by atoms with Crippen LogP contribution in [-0.2, 0) is 13.1 Å². The molecule has 9 heteroatoms. The summed E-state index contributed by atoms with van der Waals surface area (Å²) in [5.74, 6) is 0.161. The zero-order valence-corrected chi connectivity index (χ0v) is 13.7. The minimum Gasteiger partial charge on any atom is -0.382 e. The number of hydrogen-bond donors (Lipinski definition) is 3. The van der Waals surface area contributed by atoms with Crippen LogP contribution in [0.15, 0.2) is 24.3 Å². The van der Waals surface area contributed by atoms with Gasteiger partial charge in [0.15, 0.2) is 22.5 Å². The molecule has 0 bridgehead atoms. The molecule has 3 aromatic rings. The molecule has 8 nitrogen and oxygen atoms in total. The fraction of sp³-hybridized carbons (Fsp3) is 0.200. The molecule has 0 aliphatic heterocycles. The molecule has 0 aliphatic rings. The number of benzene rings is 1. The molecule has 2 aromatic heterocycles. The van der Waals surface area contributed by atoms with Crippen LogP contribution in [0.4, 0.5) is 11.6 Å². The summed E-state index contributed by atoms with van der Waals surface area (Å²) in [4.78, 5) is 24.5. The summed E-state index contributed by atoms with van der Waals surface area (Å²) in [6.07, 6.45) is 0. The molecule has 0 atom stereocenters. The van der Waals surface area contributed by atoms with E-state index >= 15 is 0 Å². The van der Waals surface area contributed by atoms with Crippen molar-refractivity contribution in [2.75, 3.05) is 11.5 Å². The van der Waals surface area contributed by atoms with Crippen molar-refractivity contribution in [2.45, 2.75) is 20.0 Å². The Morgan fingerprint density at radius 2 is 1.96 bits per heavy atom. The minimum absolute atomic E-state index is 0.0153. The Bertz CT molecular complexity index is 922. The third-order valence-electron chi connectivity index (χ3n) is 3.58. The highest BCUT2D eigenvalue weighted by atomic mass is 35.5. The standard InChI is InChI=1S/C15H16ClN7O/c1-2-23-9-6-4-3-5-8(9)20-10(23)7-19-15(24)11-13(17)22-14(18)12(16)21-11/h3-6H,2,7H2,1H3,(H,19,24)(H4,17,18,22). The van der Waals surface area contributed by atoms with Crippen molar-refractivity contribution in [3.05, 3.63) is 40.9 Å². The lowest BCUT2D eigenvalue weighted by Crippen LogP contribution is -2.27. The number of para-hydroxylation sites is 2. The molecular weight excluding hydrogens is 330 g/mol. The third-order valence-corrected chi connectivity index (χ3v) is 3.85. The first-order valence-corrected chi connectivity index (χ1v) is 7.70. The SMILES string of the molecule is CCn1c(CNC(=O)c2nc(Cl)c(N)nc2N)nc2ccccc21.